The van der Waals surface area contributed by atoms with E-state index in [9.17, 15) is 0 Å². The van der Waals surface area contributed by atoms with Crippen LogP contribution in [0.15, 0.2) is 6.20 Å². The van der Waals surface area contributed by atoms with Gasteiger partial charge in [0.25, 0.3) is 0 Å². The molecule has 25 heavy (non-hydrogen) atoms. The van der Waals surface area contributed by atoms with Gasteiger partial charge in [-0.15, -0.1) is 0 Å². The first-order chi connectivity index (χ1) is 11.7. The van der Waals surface area contributed by atoms with Gasteiger partial charge in [-0.1, -0.05) is 6.92 Å². The van der Waals surface area contributed by atoms with Crippen molar-refractivity contribution in [1.29, 1.82) is 0 Å². The van der Waals surface area contributed by atoms with Crippen LogP contribution in [0.4, 0.5) is 5.95 Å². The second-order valence-corrected chi connectivity index (χ2v) is 9.12. The van der Waals surface area contributed by atoms with E-state index in [0.717, 1.165) is 51.6 Å². The fourth-order valence-electron chi connectivity index (χ4n) is 3.77. The zero-order valence-corrected chi connectivity index (χ0v) is 17.0. The maximum Gasteiger partial charge on any atom is 0.225 e. The lowest BCUT2D eigenvalue weighted by molar-refractivity contribution is 0.107. The molecule has 3 rings (SSSR count). The summed E-state index contributed by atoms with van der Waals surface area (Å²) in [6.45, 7) is 20.1. The van der Waals surface area contributed by atoms with Crippen LogP contribution >= 0.6 is 0 Å². The molecule has 1 fully saturated rings. The minimum atomic E-state index is 0.207. The van der Waals surface area contributed by atoms with Crippen LogP contribution in [0.5, 0.6) is 0 Å². The smallest absolute Gasteiger partial charge is 0.225 e. The van der Waals surface area contributed by atoms with Crippen molar-refractivity contribution in [3.63, 3.8) is 0 Å². The molecular formula is C20H35N5. The van der Waals surface area contributed by atoms with Gasteiger partial charge in [-0.2, -0.15) is 0 Å². The fourth-order valence-corrected chi connectivity index (χ4v) is 3.77. The molecule has 0 aliphatic carbocycles. The van der Waals surface area contributed by atoms with Crippen LogP contribution < -0.4 is 4.90 Å². The van der Waals surface area contributed by atoms with Gasteiger partial charge in [-0.25, -0.2) is 9.97 Å². The lowest BCUT2D eigenvalue weighted by atomic mass is 9.98. The molecule has 1 aromatic rings. The SMILES string of the molecule is CCC(C)(C)N1CCN(c2ncc3c(n2)CCN(C(C)(C)C)C3)CC1. The zero-order valence-electron chi connectivity index (χ0n) is 17.0. The van der Waals surface area contributed by atoms with Gasteiger partial charge in [0.05, 0.1) is 5.69 Å². The van der Waals surface area contributed by atoms with Crippen molar-refractivity contribution in [2.24, 2.45) is 0 Å². The third kappa shape index (κ3) is 3.98. The first-order valence-corrected chi connectivity index (χ1v) is 9.80. The Kier molecular flexibility index (Phi) is 5.09. The number of fused-ring (bicyclic) bond motifs is 1. The zero-order chi connectivity index (χ0) is 18.2. The van der Waals surface area contributed by atoms with Crippen molar-refractivity contribution in [3.8, 4) is 0 Å². The minimum Gasteiger partial charge on any atom is -0.338 e. The molecule has 0 aromatic carbocycles. The van der Waals surface area contributed by atoms with E-state index < -0.39 is 0 Å². The Bertz CT molecular complexity index is 597. The summed E-state index contributed by atoms with van der Waals surface area (Å²) < 4.78 is 0. The average molecular weight is 346 g/mol. The van der Waals surface area contributed by atoms with E-state index in [2.05, 4.69) is 62.4 Å². The Morgan fingerprint density at radius 3 is 2.24 bits per heavy atom. The summed E-state index contributed by atoms with van der Waals surface area (Å²) in [6, 6.07) is 0. The van der Waals surface area contributed by atoms with Gasteiger partial charge in [-0.3, -0.25) is 9.80 Å². The van der Waals surface area contributed by atoms with Crippen LogP contribution in [0.25, 0.3) is 0 Å². The standard InChI is InChI=1S/C20H35N5/c1-7-20(5,6)24-12-10-23(11-13-24)18-21-14-16-15-25(19(2,3)4)9-8-17(16)22-18/h14H,7-13,15H2,1-6H3. The van der Waals surface area contributed by atoms with Crippen LogP contribution in [-0.4, -0.2) is 63.6 Å². The number of hydrogen-bond acceptors (Lipinski definition) is 5. The molecule has 0 amide bonds. The van der Waals surface area contributed by atoms with E-state index in [1.54, 1.807) is 0 Å². The molecule has 140 valence electrons. The fraction of sp³-hybridized carbons (Fsp3) is 0.800. The van der Waals surface area contributed by atoms with Crippen LogP contribution in [0.2, 0.25) is 0 Å². The molecule has 1 saturated heterocycles. The first-order valence-electron chi connectivity index (χ1n) is 9.80. The molecule has 0 radical (unpaired) electrons. The summed E-state index contributed by atoms with van der Waals surface area (Å²) in [5.74, 6) is 0.928. The summed E-state index contributed by atoms with van der Waals surface area (Å²) in [5.41, 5.74) is 3.05. The minimum absolute atomic E-state index is 0.207. The highest BCUT2D eigenvalue weighted by molar-refractivity contribution is 5.35. The van der Waals surface area contributed by atoms with Crippen LogP contribution in [0.1, 0.15) is 59.2 Å². The van der Waals surface area contributed by atoms with Gasteiger partial charge >= 0.3 is 0 Å². The lowest BCUT2D eigenvalue weighted by Crippen LogP contribution is -2.54. The van der Waals surface area contributed by atoms with Crippen molar-refractivity contribution in [1.82, 2.24) is 19.8 Å². The van der Waals surface area contributed by atoms with Gasteiger partial charge in [0.2, 0.25) is 5.95 Å². The van der Waals surface area contributed by atoms with Crippen molar-refractivity contribution in [3.05, 3.63) is 17.5 Å². The molecule has 0 unspecified atom stereocenters. The molecule has 5 nitrogen and oxygen atoms in total. The number of nitrogens with zero attached hydrogens (tertiary/aromatic N) is 5. The predicted molar refractivity (Wildman–Crippen MR) is 104 cm³/mol. The average Bonchev–Trinajstić information content (AvgIpc) is 2.60. The Hall–Kier alpha value is -1.20. The number of piperazine rings is 1. The number of hydrogen-bond donors (Lipinski definition) is 0. The normalized spacial score (nSPS) is 20.6. The van der Waals surface area contributed by atoms with Crippen molar-refractivity contribution in [2.75, 3.05) is 37.6 Å². The van der Waals surface area contributed by atoms with Crippen LogP contribution in [-0.2, 0) is 13.0 Å². The van der Waals surface area contributed by atoms with Gasteiger partial charge in [0.1, 0.15) is 0 Å². The monoisotopic (exact) mass is 345 g/mol. The quantitative estimate of drug-likeness (QED) is 0.842. The molecule has 0 saturated carbocycles. The van der Waals surface area contributed by atoms with Gasteiger partial charge < -0.3 is 4.90 Å². The Morgan fingerprint density at radius 1 is 0.960 bits per heavy atom. The van der Waals surface area contributed by atoms with E-state index in [4.69, 9.17) is 9.97 Å². The summed E-state index contributed by atoms with van der Waals surface area (Å²) in [6.07, 6.45) is 4.29. The highest BCUT2D eigenvalue weighted by atomic mass is 15.3. The van der Waals surface area contributed by atoms with E-state index >= 15 is 0 Å². The third-order valence-corrected chi connectivity index (χ3v) is 6.15. The summed E-state index contributed by atoms with van der Waals surface area (Å²) in [7, 11) is 0. The molecule has 0 N–H and O–H groups in total. The molecule has 5 heteroatoms. The van der Waals surface area contributed by atoms with Crippen molar-refractivity contribution in [2.45, 2.75) is 72.0 Å². The van der Waals surface area contributed by atoms with E-state index in [-0.39, 0.29) is 5.54 Å². The first kappa shape index (κ1) is 18.6. The molecule has 2 aliphatic rings. The molecule has 0 bridgehead atoms. The maximum atomic E-state index is 4.93. The summed E-state index contributed by atoms with van der Waals surface area (Å²) >= 11 is 0. The third-order valence-electron chi connectivity index (χ3n) is 6.15. The molecule has 1 aromatic heterocycles. The number of rotatable bonds is 3. The van der Waals surface area contributed by atoms with Crippen molar-refractivity contribution >= 4 is 5.95 Å². The molecule has 0 spiro atoms. The lowest BCUT2D eigenvalue weighted by Gasteiger charge is -2.44. The molecule has 2 aliphatic heterocycles. The molecule has 0 atom stereocenters. The number of aromatic nitrogens is 2. The second kappa shape index (κ2) is 6.84. The number of anilines is 1. The Balaban J connectivity index is 1.66. The van der Waals surface area contributed by atoms with E-state index in [1.807, 2.05) is 0 Å². The van der Waals surface area contributed by atoms with E-state index in [0.29, 0.717) is 5.54 Å². The van der Waals surface area contributed by atoms with Crippen LogP contribution in [0.3, 0.4) is 0 Å². The Labute approximate surface area is 153 Å². The Morgan fingerprint density at radius 2 is 1.64 bits per heavy atom. The topological polar surface area (TPSA) is 35.5 Å². The van der Waals surface area contributed by atoms with Gasteiger partial charge in [-0.05, 0) is 41.0 Å². The highest BCUT2D eigenvalue weighted by Crippen LogP contribution is 2.26. The predicted octanol–water partition coefficient (Wildman–Crippen LogP) is 2.94. The molecular weight excluding hydrogens is 310 g/mol. The maximum absolute atomic E-state index is 4.93. The largest absolute Gasteiger partial charge is 0.338 e. The summed E-state index contributed by atoms with van der Waals surface area (Å²) in [5, 5.41) is 0. The van der Waals surface area contributed by atoms with Crippen LogP contribution in [0, 0.1) is 0 Å². The van der Waals surface area contributed by atoms with E-state index in [1.165, 1.54) is 17.7 Å². The second-order valence-electron chi connectivity index (χ2n) is 9.12. The molecule has 3 heterocycles. The summed E-state index contributed by atoms with van der Waals surface area (Å²) in [4.78, 5) is 17.1. The van der Waals surface area contributed by atoms with Crippen molar-refractivity contribution < 1.29 is 0 Å². The van der Waals surface area contributed by atoms with Gasteiger partial charge in [0, 0.05) is 68.5 Å². The highest BCUT2D eigenvalue weighted by Gasteiger charge is 2.30. The van der Waals surface area contributed by atoms with Gasteiger partial charge in [0.15, 0.2) is 0 Å².